The smallest absolute Gasteiger partial charge is 0.313 e. The van der Waals surface area contributed by atoms with E-state index in [9.17, 15) is 9.59 Å². The van der Waals surface area contributed by atoms with Gasteiger partial charge in [-0.1, -0.05) is 35.9 Å². The van der Waals surface area contributed by atoms with Gasteiger partial charge in [0.05, 0.1) is 17.2 Å². The van der Waals surface area contributed by atoms with Gasteiger partial charge in [-0.25, -0.2) is 4.79 Å². The molecule has 0 unspecified atom stereocenters. The lowest BCUT2D eigenvalue weighted by Crippen LogP contribution is -2.23. The van der Waals surface area contributed by atoms with Gasteiger partial charge in [-0.05, 0) is 47.6 Å². The standard InChI is InChI=1S/C20H14ClN5O2/c21-18-15(8-17(25-26-18)16-10-23-20(28)24-19(16)27)14-7-13(14)6-5-11-1-3-12(9-22)4-2-11/h1-6,8,10,13-14H,7H2,(H2,23,24,27,28)/b6-5+/t13-,14-/m0/s1. The van der Waals surface area contributed by atoms with E-state index in [4.69, 9.17) is 16.9 Å². The molecule has 1 aliphatic carbocycles. The van der Waals surface area contributed by atoms with Crippen LogP contribution in [0.4, 0.5) is 0 Å². The molecule has 138 valence electrons. The topological polar surface area (TPSA) is 115 Å². The average molecular weight is 392 g/mol. The lowest BCUT2D eigenvalue weighted by Gasteiger charge is -2.04. The van der Waals surface area contributed by atoms with E-state index >= 15 is 0 Å². The number of allylic oxidation sites excluding steroid dienone is 1. The fourth-order valence-corrected chi connectivity index (χ4v) is 3.30. The quantitative estimate of drug-likeness (QED) is 0.709. The molecule has 0 bridgehead atoms. The number of H-pyrrole nitrogens is 2. The van der Waals surface area contributed by atoms with Gasteiger partial charge < -0.3 is 4.98 Å². The summed E-state index contributed by atoms with van der Waals surface area (Å²) >= 11 is 6.23. The van der Waals surface area contributed by atoms with Crippen molar-refractivity contribution >= 4 is 17.7 Å². The van der Waals surface area contributed by atoms with Gasteiger partial charge in [-0.15, -0.1) is 10.2 Å². The Hall–Kier alpha value is -3.50. The third kappa shape index (κ3) is 3.63. The van der Waals surface area contributed by atoms with E-state index < -0.39 is 11.2 Å². The van der Waals surface area contributed by atoms with Crippen molar-refractivity contribution in [2.45, 2.75) is 12.3 Å². The Balaban J connectivity index is 1.55. The summed E-state index contributed by atoms with van der Waals surface area (Å²) in [6, 6.07) is 11.2. The van der Waals surface area contributed by atoms with Crippen LogP contribution in [0, 0.1) is 17.2 Å². The SMILES string of the molecule is N#Cc1ccc(/C=C/[C@H]2C[C@@H]2c2cc(-c3c[nH]c(=O)[nH]c3=O)nnc2Cl)cc1. The second kappa shape index (κ2) is 7.25. The Morgan fingerprint density at radius 1 is 1.21 bits per heavy atom. The zero-order chi connectivity index (χ0) is 19.7. The van der Waals surface area contributed by atoms with Crippen LogP contribution in [-0.2, 0) is 0 Å². The van der Waals surface area contributed by atoms with Crippen molar-refractivity contribution in [3.05, 3.63) is 85.3 Å². The van der Waals surface area contributed by atoms with Crippen LogP contribution in [-0.4, -0.2) is 20.2 Å². The highest BCUT2D eigenvalue weighted by Crippen LogP contribution is 2.50. The Morgan fingerprint density at radius 3 is 2.71 bits per heavy atom. The summed E-state index contributed by atoms with van der Waals surface area (Å²) in [5, 5.41) is 17.1. The average Bonchev–Trinajstić information content (AvgIpc) is 3.47. The molecule has 2 atom stereocenters. The van der Waals surface area contributed by atoms with Crippen LogP contribution in [0.3, 0.4) is 0 Å². The predicted octanol–water partition coefficient (Wildman–Crippen LogP) is 2.86. The highest BCUT2D eigenvalue weighted by atomic mass is 35.5. The first-order valence-corrected chi connectivity index (χ1v) is 8.97. The summed E-state index contributed by atoms with van der Waals surface area (Å²) in [5.41, 5.74) is 1.95. The van der Waals surface area contributed by atoms with Gasteiger partial charge in [0.25, 0.3) is 5.56 Å². The Kier molecular flexibility index (Phi) is 4.63. The molecule has 4 rings (SSSR count). The van der Waals surface area contributed by atoms with Crippen LogP contribution in [0.1, 0.15) is 29.0 Å². The van der Waals surface area contributed by atoms with Crippen molar-refractivity contribution in [1.82, 2.24) is 20.2 Å². The predicted molar refractivity (Wildman–Crippen MR) is 105 cm³/mol. The number of hydrogen-bond acceptors (Lipinski definition) is 5. The summed E-state index contributed by atoms with van der Waals surface area (Å²) in [6.45, 7) is 0. The van der Waals surface area contributed by atoms with Gasteiger partial charge in [0, 0.05) is 6.20 Å². The summed E-state index contributed by atoms with van der Waals surface area (Å²) in [6.07, 6.45) is 6.36. The maximum Gasteiger partial charge on any atom is 0.325 e. The minimum absolute atomic E-state index is 0.193. The third-order valence-electron chi connectivity index (χ3n) is 4.69. The minimum Gasteiger partial charge on any atom is -0.313 e. The largest absolute Gasteiger partial charge is 0.325 e. The van der Waals surface area contributed by atoms with Gasteiger partial charge in [-0.3, -0.25) is 9.78 Å². The number of nitrogens with zero attached hydrogens (tertiary/aromatic N) is 3. The van der Waals surface area contributed by atoms with Crippen molar-refractivity contribution in [3.8, 4) is 17.3 Å². The maximum atomic E-state index is 12.0. The van der Waals surface area contributed by atoms with Gasteiger partial charge >= 0.3 is 5.69 Å². The highest BCUT2D eigenvalue weighted by Gasteiger charge is 2.38. The molecule has 8 heteroatoms. The third-order valence-corrected chi connectivity index (χ3v) is 4.98. The molecular formula is C20H14ClN5O2. The lowest BCUT2D eigenvalue weighted by molar-refractivity contribution is 0.947. The molecule has 0 radical (unpaired) electrons. The van der Waals surface area contributed by atoms with Crippen molar-refractivity contribution in [1.29, 1.82) is 5.26 Å². The second-order valence-electron chi connectivity index (χ2n) is 6.56. The molecule has 0 saturated heterocycles. The zero-order valence-electron chi connectivity index (χ0n) is 14.5. The number of rotatable bonds is 4. The van der Waals surface area contributed by atoms with E-state index in [0.717, 1.165) is 17.5 Å². The molecule has 2 N–H and O–H groups in total. The summed E-state index contributed by atoms with van der Waals surface area (Å²) in [7, 11) is 0. The van der Waals surface area contributed by atoms with Crippen LogP contribution in [0.2, 0.25) is 5.15 Å². The number of nitriles is 1. The van der Waals surface area contributed by atoms with Crippen molar-refractivity contribution in [2.75, 3.05) is 0 Å². The number of nitrogens with one attached hydrogen (secondary N) is 2. The molecule has 0 amide bonds. The zero-order valence-corrected chi connectivity index (χ0v) is 15.3. The monoisotopic (exact) mass is 391 g/mol. The highest BCUT2D eigenvalue weighted by molar-refractivity contribution is 6.30. The molecule has 0 spiro atoms. The van der Waals surface area contributed by atoms with E-state index in [2.05, 4.69) is 32.3 Å². The van der Waals surface area contributed by atoms with E-state index in [0.29, 0.717) is 22.3 Å². The van der Waals surface area contributed by atoms with Gasteiger partial charge in [0.1, 0.15) is 5.69 Å². The minimum atomic E-state index is -0.578. The fourth-order valence-electron chi connectivity index (χ4n) is 3.07. The molecule has 0 aliphatic heterocycles. The second-order valence-corrected chi connectivity index (χ2v) is 6.92. The molecule has 2 heterocycles. The molecular weight excluding hydrogens is 378 g/mol. The first-order chi connectivity index (χ1) is 13.5. The van der Waals surface area contributed by atoms with E-state index in [1.165, 1.54) is 6.20 Å². The number of halogens is 1. The molecule has 1 aliphatic rings. The molecule has 3 aromatic rings. The van der Waals surface area contributed by atoms with Crippen LogP contribution >= 0.6 is 11.6 Å². The van der Waals surface area contributed by atoms with E-state index in [1.54, 1.807) is 18.2 Å². The van der Waals surface area contributed by atoms with Gasteiger partial charge in [-0.2, -0.15) is 5.26 Å². The molecule has 7 nitrogen and oxygen atoms in total. The molecule has 28 heavy (non-hydrogen) atoms. The Morgan fingerprint density at radius 2 is 2.00 bits per heavy atom. The number of aromatic nitrogens is 4. The van der Waals surface area contributed by atoms with Crippen LogP contribution in [0.15, 0.2) is 52.2 Å². The number of hydrogen-bond donors (Lipinski definition) is 2. The molecule has 2 aromatic heterocycles. The van der Waals surface area contributed by atoms with Gasteiger partial charge in [0.2, 0.25) is 0 Å². The first-order valence-electron chi connectivity index (χ1n) is 8.59. The lowest BCUT2D eigenvalue weighted by atomic mass is 10.1. The van der Waals surface area contributed by atoms with Crippen LogP contribution in [0.5, 0.6) is 0 Å². The van der Waals surface area contributed by atoms with E-state index in [1.807, 2.05) is 18.2 Å². The summed E-state index contributed by atoms with van der Waals surface area (Å²) in [4.78, 5) is 27.8. The van der Waals surface area contributed by atoms with Crippen LogP contribution < -0.4 is 11.2 Å². The molecule has 1 aromatic carbocycles. The summed E-state index contributed by atoms with van der Waals surface area (Å²) < 4.78 is 0. The van der Waals surface area contributed by atoms with Gasteiger partial charge in [0.15, 0.2) is 5.15 Å². The Labute approximate surface area is 164 Å². The van der Waals surface area contributed by atoms with Crippen molar-refractivity contribution in [2.24, 2.45) is 5.92 Å². The maximum absolute atomic E-state index is 12.0. The summed E-state index contributed by atoms with van der Waals surface area (Å²) in [5.74, 6) is 0.497. The van der Waals surface area contributed by atoms with Crippen molar-refractivity contribution < 1.29 is 0 Å². The Bertz CT molecular complexity index is 1220. The molecule has 1 fully saturated rings. The number of benzene rings is 1. The first kappa shape index (κ1) is 17.9. The number of aromatic amines is 2. The van der Waals surface area contributed by atoms with E-state index in [-0.39, 0.29) is 11.5 Å². The fraction of sp³-hybridized carbons (Fsp3) is 0.150. The molecule has 1 saturated carbocycles. The van der Waals surface area contributed by atoms with Crippen molar-refractivity contribution in [3.63, 3.8) is 0 Å². The normalized spacial score (nSPS) is 18.1. The van der Waals surface area contributed by atoms with Crippen LogP contribution in [0.25, 0.3) is 17.3 Å².